The zero-order valence-corrected chi connectivity index (χ0v) is 9.26. The molecule has 1 aliphatic rings. The van der Waals surface area contributed by atoms with E-state index in [1.807, 2.05) is 0 Å². The Morgan fingerprint density at radius 2 is 1.75 bits per heavy atom. The predicted molar refractivity (Wildman–Crippen MR) is 59.9 cm³/mol. The summed E-state index contributed by atoms with van der Waals surface area (Å²) in [6.07, 6.45) is 3.75. The SMILES string of the molecule is NCC1CCCC1Cc1c(F)cccc1F. The van der Waals surface area contributed by atoms with Crippen LogP contribution in [0, 0.1) is 23.5 Å². The lowest BCUT2D eigenvalue weighted by Crippen LogP contribution is -2.20. The Bertz CT molecular complexity index is 345. The first-order valence-electron chi connectivity index (χ1n) is 5.85. The highest BCUT2D eigenvalue weighted by atomic mass is 19.1. The van der Waals surface area contributed by atoms with Gasteiger partial charge in [0.2, 0.25) is 0 Å². The van der Waals surface area contributed by atoms with E-state index in [4.69, 9.17) is 5.73 Å². The van der Waals surface area contributed by atoms with Gasteiger partial charge in [-0.15, -0.1) is 0 Å². The van der Waals surface area contributed by atoms with E-state index in [1.165, 1.54) is 18.2 Å². The molecule has 1 nitrogen and oxygen atoms in total. The van der Waals surface area contributed by atoms with Crippen LogP contribution in [0.4, 0.5) is 8.78 Å². The Hall–Kier alpha value is -0.960. The molecule has 0 amide bonds. The average Bonchev–Trinajstić information content (AvgIpc) is 2.71. The third-order valence-corrected chi connectivity index (χ3v) is 3.65. The maximum atomic E-state index is 13.5. The van der Waals surface area contributed by atoms with Crippen LogP contribution in [0.2, 0.25) is 0 Å². The minimum Gasteiger partial charge on any atom is -0.330 e. The summed E-state index contributed by atoms with van der Waals surface area (Å²) in [6.45, 7) is 0.626. The summed E-state index contributed by atoms with van der Waals surface area (Å²) < 4.78 is 26.9. The smallest absolute Gasteiger partial charge is 0.129 e. The fourth-order valence-corrected chi connectivity index (χ4v) is 2.68. The second kappa shape index (κ2) is 4.91. The third kappa shape index (κ3) is 2.24. The summed E-state index contributed by atoms with van der Waals surface area (Å²) in [5, 5.41) is 0. The molecular weight excluding hydrogens is 208 g/mol. The fraction of sp³-hybridized carbons (Fsp3) is 0.538. The maximum absolute atomic E-state index is 13.5. The van der Waals surface area contributed by atoms with Crippen LogP contribution in [0.1, 0.15) is 24.8 Å². The lowest BCUT2D eigenvalue weighted by atomic mass is 9.89. The first-order valence-corrected chi connectivity index (χ1v) is 5.85. The molecule has 3 heteroatoms. The van der Waals surface area contributed by atoms with Crippen molar-refractivity contribution in [2.45, 2.75) is 25.7 Å². The Kier molecular flexibility index (Phi) is 3.54. The largest absolute Gasteiger partial charge is 0.330 e. The molecule has 1 aromatic carbocycles. The van der Waals surface area contributed by atoms with Crippen LogP contribution in [-0.4, -0.2) is 6.54 Å². The quantitative estimate of drug-likeness (QED) is 0.841. The molecule has 1 aliphatic carbocycles. The zero-order valence-electron chi connectivity index (χ0n) is 9.26. The zero-order chi connectivity index (χ0) is 11.5. The monoisotopic (exact) mass is 225 g/mol. The first kappa shape index (κ1) is 11.5. The molecule has 0 bridgehead atoms. The lowest BCUT2D eigenvalue weighted by Gasteiger charge is -2.18. The number of benzene rings is 1. The van der Waals surface area contributed by atoms with Crippen molar-refractivity contribution < 1.29 is 8.78 Å². The summed E-state index contributed by atoms with van der Waals surface area (Å²) in [5.74, 6) is -0.0826. The lowest BCUT2D eigenvalue weighted by molar-refractivity contribution is 0.382. The van der Waals surface area contributed by atoms with Crippen LogP contribution in [-0.2, 0) is 6.42 Å². The van der Waals surface area contributed by atoms with Crippen LogP contribution in [0.5, 0.6) is 0 Å². The molecule has 1 fully saturated rings. The summed E-state index contributed by atoms with van der Waals surface area (Å²) >= 11 is 0. The van der Waals surface area contributed by atoms with Gasteiger partial charge in [-0.2, -0.15) is 0 Å². The summed E-state index contributed by atoms with van der Waals surface area (Å²) in [5.41, 5.74) is 5.90. The molecule has 0 spiro atoms. The van der Waals surface area contributed by atoms with Crippen molar-refractivity contribution in [3.8, 4) is 0 Å². The summed E-state index contributed by atoms with van der Waals surface area (Å²) in [4.78, 5) is 0. The number of nitrogens with two attached hydrogens (primary N) is 1. The van der Waals surface area contributed by atoms with Gasteiger partial charge in [-0.05, 0) is 49.8 Å². The van der Waals surface area contributed by atoms with Crippen molar-refractivity contribution in [2.75, 3.05) is 6.54 Å². The molecule has 2 unspecified atom stereocenters. The minimum atomic E-state index is -0.428. The summed E-state index contributed by atoms with van der Waals surface area (Å²) in [7, 11) is 0. The molecule has 2 atom stereocenters. The van der Waals surface area contributed by atoms with E-state index >= 15 is 0 Å². The number of rotatable bonds is 3. The Morgan fingerprint density at radius 1 is 1.12 bits per heavy atom. The summed E-state index contributed by atoms with van der Waals surface area (Å²) in [6, 6.07) is 4.05. The second-order valence-electron chi connectivity index (χ2n) is 4.59. The van der Waals surface area contributed by atoms with E-state index < -0.39 is 11.6 Å². The van der Waals surface area contributed by atoms with E-state index in [-0.39, 0.29) is 5.56 Å². The van der Waals surface area contributed by atoms with Gasteiger partial charge in [0.25, 0.3) is 0 Å². The van der Waals surface area contributed by atoms with Crippen molar-refractivity contribution in [1.82, 2.24) is 0 Å². The minimum absolute atomic E-state index is 0.229. The molecular formula is C13H17F2N. The fourth-order valence-electron chi connectivity index (χ4n) is 2.68. The normalized spacial score (nSPS) is 24.9. The van der Waals surface area contributed by atoms with E-state index in [1.54, 1.807) is 0 Å². The standard InChI is InChI=1S/C13H17F2N/c14-12-5-2-6-13(15)11(12)7-9-3-1-4-10(9)8-16/h2,5-6,9-10H,1,3-4,7-8,16H2. The third-order valence-electron chi connectivity index (χ3n) is 3.65. The van der Waals surface area contributed by atoms with E-state index in [0.29, 0.717) is 24.8 Å². The molecule has 0 saturated heterocycles. The van der Waals surface area contributed by atoms with Gasteiger partial charge in [-0.3, -0.25) is 0 Å². The highest BCUT2D eigenvalue weighted by Crippen LogP contribution is 2.34. The average molecular weight is 225 g/mol. The van der Waals surface area contributed by atoms with Crippen LogP contribution in [0.15, 0.2) is 18.2 Å². The van der Waals surface area contributed by atoms with Gasteiger partial charge in [0, 0.05) is 5.56 Å². The van der Waals surface area contributed by atoms with E-state index in [2.05, 4.69) is 0 Å². The molecule has 2 N–H and O–H groups in total. The molecule has 88 valence electrons. The maximum Gasteiger partial charge on any atom is 0.129 e. The number of halogens is 2. The molecule has 16 heavy (non-hydrogen) atoms. The molecule has 0 heterocycles. The topological polar surface area (TPSA) is 26.0 Å². The highest BCUT2D eigenvalue weighted by Gasteiger charge is 2.27. The van der Waals surface area contributed by atoms with Gasteiger partial charge in [0.15, 0.2) is 0 Å². The van der Waals surface area contributed by atoms with Gasteiger partial charge in [-0.1, -0.05) is 12.5 Å². The van der Waals surface area contributed by atoms with Crippen molar-refractivity contribution in [3.63, 3.8) is 0 Å². The van der Waals surface area contributed by atoms with Crippen LogP contribution in [0.25, 0.3) is 0 Å². The van der Waals surface area contributed by atoms with Gasteiger partial charge in [-0.25, -0.2) is 8.78 Å². The number of hydrogen-bond acceptors (Lipinski definition) is 1. The van der Waals surface area contributed by atoms with Gasteiger partial charge < -0.3 is 5.73 Å². The van der Waals surface area contributed by atoms with Crippen molar-refractivity contribution in [1.29, 1.82) is 0 Å². The Balaban J connectivity index is 2.14. The molecule has 1 aromatic rings. The van der Waals surface area contributed by atoms with Gasteiger partial charge in [0.05, 0.1) is 0 Å². The van der Waals surface area contributed by atoms with Crippen molar-refractivity contribution >= 4 is 0 Å². The predicted octanol–water partition coefficient (Wildman–Crippen LogP) is 2.88. The molecule has 2 rings (SSSR count). The van der Waals surface area contributed by atoms with Crippen LogP contribution >= 0.6 is 0 Å². The Labute approximate surface area is 94.7 Å². The Morgan fingerprint density at radius 3 is 2.38 bits per heavy atom. The van der Waals surface area contributed by atoms with Crippen LogP contribution < -0.4 is 5.73 Å². The number of hydrogen-bond donors (Lipinski definition) is 1. The van der Waals surface area contributed by atoms with Crippen molar-refractivity contribution in [3.05, 3.63) is 35.4 Å². The van der Waals surface area contributed by atoms with Crippen LogP contribution in [0.3, 0.4) is 0 Å². The van der Waals surface area contributed by atoms with Crippen molar-refractivity contribution in [2.24, 2.45) is 17.6 Å². The van der Waals surface area contributed by atoms with Gasteiger partial charge in [0.1, 0.15) is 11.6 Å². The first-order chi connectivity index (χ1) is 7.72. The molecule has 0 radical (unpaired) electrons. The molecule has 0 aliphatic heterocycles. The van der Waals surface area contributed by atoms with Gasteiger partial charge >= 0.3 is 0 Å². The molecule has 1 saturated carbocycles. The van der Waals surface area contributed by atoms with E-state index in [0.717, 1.165) is 19.3 Å². The highest BCUT2D eigenvalue weighted by molar-refractivity contribution is 5.20. The van der Waals surface area contributed by atoms with E-state index in [9.17, 15) is 8.78 Å². The molecule has 0 aromatic heterocycles. The second-order valence-corrected chi connectivity index (χ2v) is 4.59.